The average molecular weight is 418 g/mol. The highest BCUT2D eigenvalue weighted by Gasteiger charge is 2.16. The van der Waals surface area contributed by atoms with Crippen molar-refractivity contribution in [1.82, 2.24) is 25.6 Å². The van der Waals surface area contributed by atoms with Gasteiger partial charge in [-0.2, -0.15) is 15.4 Å². The molecule has 0 saturated heterocycles. The number of fused-ring (bicyclic) bond motifs is 1. The van der Waals surface area contributed by atoms with Gasteiger partial charge in [-0.3, -0.25) is 0 Å². The van der Waals surface area contributed by atoms with Crippen molar-refractivity contribution in [2.45, 2.75) is 39.5 Å². The van der Waals surface area contributed by atoms with Crippen molar-refractivity contribution in [3.05, 3.63) is 48.5 Å². The van der Waals surface area contributed by atoms with Crippen LogP contribution in [-0.4, -0.2) is 38.8 Å². The normalized spacial score (nSPS) is 11.0. The molecule has 31 heavy (non-hydrogen) atoms. The van der Waals surface area contributed by atoms with Gasteiger partial charge < -0.3 is 9.47 Å². The zero-order valence-corrected chi connectivity index (χ0v) is 18.0. The summed E-state index contributed by atoms with van der Waals surface area (Å²) in [6, 6.07) is 15.7. The first-order valence-corrected chi connectivity index (χ1v) is 10.8. The Labute approximate surface area is 181 Å². The molecule has 0 spiro atoms. The minimum Gasteiger partial charge on any atom is -0.494 e. The molecule has 160 valence electrons. The summed E-state index contributed by atoms with van der Waals surface area (Å²) < 4.78 is 11.5. The summed E-state index contributed by atoms with van der Waals surface area (Å²) in [6.07, 6.45) is 4.30. The zero-order valence-electron chi connectivity index (χ0n) is 18.0. The minimum absolute atomic E-state index is 0.687. The maximum absolute atomic E-state index is 5.75. The maximum Gasteiger partial charge on any atom is 0.143 e. The van der Waals surface area contributed by atoms with E-state index >= 15 is 0 Å². The van der Waals surface area contributed by atoms with Crippen LogP contribution in [0.2, 0.25) is 0 Å². The van der Waals surface area contributed by atoms with E-state index in [1.807, 2.05) is 48.5 Å². The van der Waals surface area contributed by atoms with Crippen LogP contribution in [0.5, 0.6) is 11.5 Å². The first-order valence-electron chi connectivity index (χ1n) is 10.8. The van der Waals surface area contributed by atoms with E-state index in [1.54, 1.807) is 0 Å². The number of benzene rings is 2. The fourth-order valence-corrected chi connectivity index (χ4v) is 3.23. The van der Waals surface area contributed by atoms with E-state index < -0.39 is 0 Å². The smallest absolute Gasteiger partial charge is 0.143 e. The molecule has 0 saturated carbocycles. The predicted octanol–water partition coefficient (Wildman–Crippen LogP) is 5.44. The van der Waals surface area contributed by atoms with Gasteiger partial charge in [-0.25, -0.2) is 0 Å². The Hall–Kier alpha value is -3.48. The molecule has 1 N–H and O–H groups in total. The summed E-state index contributed by atoms with van der Waals surface area (Å²) >= 11 is 0. The average Bonchev–Trinajstić information content (AvgIpc) is 3.30. The summed E-state index contributed by atoms with van der Waals surface area (Å²) in [6.45, 7) is 5.74. The molecule has 0 aliphatic rings. The molecule has 0 atom stereocenters. The molecule has 0 radical (unpaired) electrons. The van der Waals surface area contributed by atoms with E-state index in [0.29, 0.717) is 22.4 Å². The van der Waals surface area contributed by atoms with Crippen molar-refractivity contribution in [2.75, 3.05) is 13.2 Å². The second-order valence-corrected chi connectivity index (χ2v) is 7.37. The van der Waals surface area contributed by atoms with Crippen molar-refractivity contribution >= 4 is 11.0 Å². The van der Waals surface area contributed by atoms with Gasteiger partial charge >= 0.3 is 0 Å². The van der Waals surface area contributed by atoms with Crippen LogP contribution in [0, 0.1) is 0 Å². The monoisotopic (exact) mass is 417 g/mol. The van der Waals surface area contributed by atoms with Crippen molar-refractivity contribution in [2.24, 2.45) is 0 Å². The topological polar surface area (TPSA) is 85.8 Å². The van der Waals surface area contributed by atoms with Gasteiger partial charge in [0.1, 0.15) is 33.9 Å². The van der Waals surface area contributed by atoms with Crippen molar-refractivity contribution in [3.8, 4) is 34.0 Å². The van der Waals surface area contributed by atoms with Crippen LogP contribution in [0.4, 0.5) is 0 Å². The molecule has 7 heteroatoms. The fourth-order valence-electron chi connectivity index (χ4n) is 3.23. The summed E-state index contributed by atoms with van der Waals surface area (Å²) in [7, 11) is 0. The SMILES string of the molecule is CCCCOc1ccc(-c2nnc(-c3ccc(OCCCC)cc3)c3n[nH]nc23)cc1. The third kappa shape index (κ3) is 4.82. The Morgan fingerprint density at radius 2 is 1.06 bits per heavy atom. The second-order valence-electron chi connectivity index (χ2n) is 7.37. The van der Waals surface area contributed by atoms with Crippen LogP contribution in [0.1, 0.15) is 39.5 Å². The molecule has 4 rings (SSSR count). The Balaban J connectivity index is 1.57. The van der Waals surface area contributed by atoms with Crippen LogP contribution in [0.25, 0.3) is 33.5 Å². The van der Waals surface area contributed by atoms with Gasteiger partial charge in [-0.1, -0.05) is 26.7 Å². The largest absolute Gasteiger partial charge is 0.494 e. The predicted molar refractivity (Wildman–Crippen MR) is 121 cm³/mol. The lowest BCUT2D eigenvalue weighted by atomic mass is 10.1. The molecule has 0 amide bonds. The first kappa shape index (κ1) is 20.8. The van der Waals surface area contributed by atoms with Crippen molar-refractivity contribution < 1.29 is 9.47 Å². The maximum atomic E-state index is 5.75. The van der Waals surface area contributed by atoms with Gasteiger partial charge in [-0.15, -0.1) is 10.2 Å². The van der Waals surface area contributed by atoms with E-state index in [1.165, 1.54) is 0 Å². The van der Waals surface area contributed by atoms with Gasteiger partial charge in [0, 0.05) is 11.1 Å². The molecular weight excluding hydrogens is 390 g/mol. The lowest BCUT2D eigenvalue weighted by Crippen LogP contribution is -1.98. The van der Waals surface area contributed by atoms with Gasteiger partial charge in [0.25, 0.3) is 0 Å². The lowest BCUT2D eigenvalue weighted by Gasteiger charge is -2.08. The highest BCUT2D eigenvalue weighted by Crippen LogP contribution is 2.31. The van der Waals surface area contributed by atoms with E-state index in [0.717, 1.165) is 61.5 Å². The number of aromatic nitrogens is 5. The van der Waals surface area contributed by atoms with Crippen LogP contribution in [-0.2, 0) is 0 Å². The third-order valence-corrected chi connectivity index (χ3v) is 5.04. The molecule has 0 bridgehead atoms. The number of hydrogen-bond acceptors (Lipinski definition) is 6. The van der Waals surface area contributed by atoms with Crippen molar-refractivity contribution in [1.29, 1.82) is 0 Å². The van der Waals surface area contributed by atoms with Crippen LogP contribution in [0.15, 0.2) is 48.5 Å². The lowest BCUT2D eigenvalue weighted by molar-refractivity contribution is 0.309. The minimum atomic E-state index is 0.687. The van der Waals surface area contributed by atoms with Crippen molar-refractivity contribution in [3.63, 3.8) is 0 Å². The van der Waals surface area contributed by atoms with Gasteiger partial charge in [0.15, 0.2) is 0 Å². The molecule has 7 nitrogen and oxygen atoms in total. The van der Waals surface area contributed by atoms with Gasteiger partial charge in [0.2, 0.25) is 0 Å². The van der Waals surface area contributed by atoms with E-state index in [-0.39, 0.29) is 0 Å². The van der Waals surface area contributed by atoms with E-state index in [2.05, 4.69) is 39.5 Å². The number of aromatic amines is 1. The van der Waals surface area contributed by atoms with Crippen LogP contribution in [0.3, 0.4) is 0 Å². The Morgan fingerprint density at radius 3 is 1.45 bits per heavy atom. The van der Waals surface area contributed by atoms with E-state index in [4.69, 9.17) is 9.47 Å². The standard InChI is InChI=1S/C24H27N5O2/c1-3-5-15-30-19-11-7-17(8-12-19)21-23-24(28-29-27-23)22(26-25-21)18-9-13-20(14-10-18)31-16-6-4-2/h7-14H,3-6,15-16H2,1-2H3,(H,27,28,29). The molecule has 0 unspecified atom stereocenters. The van der Waals surface area contributed by atoms with Gasteiger partial charge in [0.05, 0.1) is 13.2 Å². The Kier molecular flexibility index (Phi) is 6.72. The zero-order chi connectivity index (χ0) is 21.5. The molecule has 4 aromatic rings. The number of nitrogens with zero attached hydrogens (tertiary/aromatic N) is 4. The molecule has 2 aromatic carbocycles. The van der Waals surface area contributed by atoms with E-state index in [9.17, 15) is 0 Å². The Morgan fingerprint density at radius 1 is 0.645 bits per heavy atom. The summed E-state index contributed by atoms with van der Waals surface area (Å²) in [5.41, 5.74) is 4.58. The third-order valence-electron chi connectivity index (χ3n) is 5.04. The number of unbranched alkanes of at least 4 members (excludes halogenated alkanes) is 2. The second kappa shape index (κ2) is 10.0. The number of rotatable bonds is 10. The molecule has 2 aromatic heterocycles. The molecule has 2 heterocycles. The number of ether oxygens (including phenoxy) is 2. The summed E-state index contributed by atoms with van der Waals surface area (Å²) in [5, 5.41) is 20.3. The molecule has 0 aliphatic carbocycles. The number of hydrogen-bond donors (Lipinski definition) is 1. The Bertz CT molecular complexity index is 1020. The first-order chi connectivity index (χ1) is 15.3. The highest BCUT2D eigenvalue weighted by molar-refractivity contribution is 5.96. The fraction of sp³-hybridized carbons (Fsp3) is 0.333. The quantitative estimate of drug-likeness (QED) is 0.346. The van der Waals surface area contributed by atoms with Crippen LogP contribution >= 0.6 is 0 Å². The van der Waals surface area contributed by atoms with Crippen LogP contribution < -0.4 is 9.47 Å². The number of nitrogens with one attached hydrogen (secondary N) is 1. The highest BCUT2D eigenvalue weighted by atomic mass is 16.5. The molecule has 0 fully saturated rings. The molecule has 0 aliphatic heterocycles. The summed E-state index contributed by atoms with van der Waals surface area (Å²) in [4.78, 5) is 0. The molecular formula is C24H27N5O2. The van der Waals surface area contributed by atoms with Gasteiger partial charge in [-0.05, 0) is 61.4 Å². The number of H-pyrrole nitrogens is 1. The summed E-state index contributed by atoms with van der Waals surface area (Å²) in [5.74, 6) is 1.69.